The highest BCUT2D eigenvalue weighted by Crippen LogP contribution is 2.35. The Kier molecular flexibility index (Phi) is 5.96. The highest BCUT2D eigenvalue weighted by molar-refractivity contribution is 5.99. The number of methoxy groups -OCH3 is 1. The van der Waals surface area contributed by atoms with Crippen LogP contribution in [0.4, 0.5) is 11.4 Å². The van der Waals surface area contributed by atoms with Crippen molar-refractivity contribution in [3.63, 3.8) is 0 Å². The molecule has 1 aliphatic heterocycles. The summed E-state index contributed by atoms with van der Waals surface area (Å²) in [6, 6.07) is 20.7. The first-order chi connectivity index (χ1) is 15.7. The minimum absolute atomic E-state index is 0.0457. The number of hydrogen-bond acceptors (Lipinski definition) is 6. The first kappa shape index (κ1) is 22.2. The number of ether oxygens (including phenoxy) is 2. The number of Topliss-reactive ketones (excluding diaryl/α,β-unsaturated/α-hetero) is 1. The molecule has 3 aromatic rings. The van der Waals surface area contributed by atoms with E-state index >= 15 is 0 Å². The van der Waals surface area contributed by atoms with E-state index in [1.54, 1.807) is 33.1 Å². The fraction of sp³-hybridized carbons (Fsp3) is 0.231. The quantitative estimate of drug-likeness (QED) is 0.407. The minimum atomic E-state index is -1.09. The fourth-order valence-corrected chi connectivity index (χ4v) is 3.55. The van der Waals surface area contributed by atoms with Gasteiger partial charge in [0.2, 0.25) is 6.35 Å². The molecule has 1 aliphatic rings. The Morgan fingerprint density at radius 1 is 1.03 bits per heavy atom. The summed E-state index contributed by atoms with van der Waals surface area (Å²) in [6.45, 7) is 3.11. The van der Waals surface area contributed by atoms with Crippen LogP contribution in [-0.2, 0) is 4.79 Å². The molecule has 1 heterocycles. The molecule has 0 bridgehead atoms. The number of carboxylic acids is 1. The zero-order valence-corrected chi connectivity index (χ0v) is 18.7. The molecule has 0 spiro atoms. The molecule has 3 N–H and O–H groups in total. The van der Waals surface area contributed by atoms with E-state index in [9.17, 15) is 14.7 Å². The molecular formula is C26H26N2O5. The number of aliphatic carboxylic acids is 1. The Bertz CT molecular complexity index is 1170. The molecule has 0 saturated heterocycles. The molecular weight excluding hydrogens is 420 g/mol. The summed E-state index contributed by atoms with van der Waals surface area (Å²) in [5.41, 5.74) is 3.16. The molecule has 3 aromatic carbocycles. The summed E-state index contributed by atoms with van der Waals surface area (Å²) in [6.07, 6.45) is -0.436. The third kappa shape index (κ3) is 4.92. The van der Waals surface area contributed by atoms with Crippen LogP contribution in [-0.4, -0.2) is 30.3 Å². The third-order valence-corrected chi connectivity index (χ3v) is 5.62. The van der Waals surface area contributed by atoms with E-state index in [0.29, 0.717) is 5.56 Å². The molecule has 7 heteroatoms. The second kappa shape index (κ2) is 8.86. The van der Waals surface area contributed by atoms with Gasteiger partial charge in [0.05, 0.1) is 18.2 Å². The Morgan fingerprint density at radius 2 is 1.67 bits per heavy atom. The lowest BCUT2D eigenvalue weighted by molar-refractivity contribution is -0.146. The van der Waals surface area contributed by atoms with Gasteiger partial charge in [-0.1, -0.05) is 36.4 Å². The second-order valence-electron chi connectivity index (χ2n) is 8.59. The SMILES string of the molecule is COc1ccc2c(c1)OC(Nc1ccc(-c3ccc(C(=O)CC(C)(C)C(=O)O)cc3)cc1)N2. The Hall–Kier alpha value is -4.00. The van der Waals surface area contributed by atoms with E-state index in [1.807, 2.05) is 54.6 Å². The Balaban J connectivity index is 1.38. The number of carbonyl (C=O) groups is 2. The molecule has 0 aliphatic carbocycles. The number of benzene rings is 3. The summed E-state index contributed by atoms with van der Waals surface area (Å²) in [7, 11) is 1.62. The van der Waals surface area contributed by atoms with Gasteiger partial charge in [-0.2, -0.15) is 0 Å². The van der Waals surface area contributed by atoms with Gasteiger partial charge in [0.25, 0.3) is 0 Å². The van der Waals surface area contributed by atoms with Crippen LogP contribution in [0.1, 0.15) is 30.6 Å². The van der Waals surface area contributed by atoms with Gasteiger partial charge < -0.3 is 25.2 Å². The Morgan fingerprint density at radius 3 is 2.27 bits per heavy atom. The minimum Gasteiger partial charge on any atom is -0.497 e. The largest absolute Gasteiger partial charge is 0.497 e. The lowest BCUT2D eigenvalue weighted by atomic mass is 9.85. The van der Waals surface area contributed by atoms with Crippen LogP contribution in [0.5, 0.6) is 11.5 Å². The lowest BCUT2D eigenvalue weighted by Crippen LogP contribution is -2.29. The van der Waals surface area contributed by atoms with E-state index < -0.39 is 17.7 Å². The lowest BCUT2D eigenvalue weighted by Gasteiger charge is -2.17. The summed E-state index contributed by atoms with van der Waals surface area (Å²) in [5, 5.41) is 15.8. The number of anilines is 2. The highest BCUT2D eigenvalue weighted by atomic mass is 16.5. The van der Waals surface area contributed by atoms with Crippen molar-refractivity contribution in [2.45, 2.75) is 26.6 Å². The van der Waals surface area contributed by atoms with Crippen LogP contribution in [0.3, 0.4) is 0 Å². The van der Waals surface area contributed by atoms with Crippen molar-refractivity contribution < 1.29 is 24.2 Å². The van der Waals surface area contributed by atoms with E-state index in [0.717, 1.165) is 34.0 Å². The number of nitrogens with one attached hydrogen (secondary N) is 2. The van der Waals surface area contributed by atoms with Crippen molar-refractivity contribution in [2.75, 3.05) is 17.7 Å². The number of ketones is 1. The van der Waals surface area contributed by atoms with Crippen molar-refractivity contribution in [3.8, 4) is 22.6 Å². The first-order valence-corrected chi connectivity index (χ1v) is 10.6. The molecule has 0 saturated carbocycles. The highest BCUT2D eigenvalue weighted by Gasteiger charge is 2.30. The monoisotopic (exact) mass is 446 g/mol. The number of carboxylic acid groups (broad SMARTS) is 1. The van der Waals surface area contributed by atoms with Gasteiger partial charge in [-0.25, -0.2) is 0 Å². The first-order valence-electron chi connectivity index (χ1n) is 10.6. The third-order valence-electron chi connectivity index (χ3n) is 5.62. The van der Waals surface area contributed by atoms with Crippen LogP contribution in [0.2, 0.25) is 0 Å². The van der Waals surface area contributed by atoms with Crippen molar-refractivity contribution in [1.29, 1.82) is 0 Å². The van der Waals surface area contributed by atoms with Crippen LogP contribution < -0.4 is 20.1 Å². The maximum absolute atomic E-state index is 12.4. The molecule has 0 fully saturated rings. The average molecular weight is 447 g/mol. The van der Waals surface area contributed by atoms with E-state index in [1.165, 1.54) is 0 Å². The fourth-order valence-electron chi connectivity index (χ4n) is 3.55. The molecule has 1 atom stereocenters. The second-order valence-corrected chi connectivity index (χ2v) is 8.59. The van der Waals surface area contributed by atoms with Gasteiger partial charge in [-0.3, -0.25) is 9.59 Å². The van der Waals surface area contributed by atoms with Gasteiger partial charge >= 0.3 is 5.97 Å². The maximum Gasteiger partial charge on any atom is 0.309 e. The number of carbonyl (C=O) groups excluding carboxylic acids is 1. The molecule has 0 radical (unpaired) electrons. The van der Waals surface area contributed by atoms with Crippen LogP contribution in [0.15, 0.2) is 66.7 Å². The predicted molar refractivity (Wildman–Crippen MR) is 127 cm³/mol. The standard InChI is InChI=1S/C26H26N2O5/c1-26(2,24(30)31)15-22(29)18-6-4-16(5-7-18)17-8-10-19(11-9-17)27-25-28-21-13-12-20(32-3)14-23(21)33-25/h4-14,25,27-28H,15H2,1-3H3,(H,30,31). The topological polar surface area (TPSA) is 96.9 Å². The van der Waals surface area contributed by atoms with Crippen LogP contribution in [0.25, 0.3) is 11.1 Å². The molecule has 1 unspecified atom stereocenters. The normalized spacial score (nSPS) is 14.6. The summed E-state index contributed by atoms with van der Waals surface area (Å²) in [5.74, 6) is 0.294. The zero-order valence-electron chi connectivity index (χ0n) is 18.7. The average Bonchev–Trinajstić information content (AvgIpc) is 3.20. The van der Waals surface area contributed by atoms with Gasteiger partial charge in [0.15, 0.2) is 11.5 Å². The predicted octanol–water partition coefficient (Wildman–Crippen LogP) is 5.25. The van der Waals surface area contributed by atoms with Crippen molar-refractivity contribution in [2.24, 2.45) is 5.41 Å². The van der Waals surface area contributed by atoms with E-state index in [2.05, 4.69) is 10.6 Å². The molecule has 0 aromatic heterocycles. The van der Waals surface area contributed by atoms with E-state index in [-0.39, 0.29) is 12.2 Å². The van der Waals surface area contributed by atoms with Gasteiger partial charge in [0, 0.05) is 23.7 Å². The molecule has 0 amide bonds. The van der Waals surface area contributed by atoms with Gasteiger partial charge in [0.1, 0.15) is 5.75 Å². The van der Waals surface area contributed by atoms with Crippen molar-refractivity contribution >= 4 is 23.1 Å². The number of hydrogen-bond donors (Lipinski definition) is 3. The number of fused-ring (bicyclic) bond motifs is 1. The maximum atomic E-state index is 12.4. The van der Waals surface area contributed by atoms with Gasteiger partial charge in [-0.05, 0) is 49.2 Å². The zero-order chi connectivity index (χ0) is 23.6. The molecule has 7 nitrogen and oxygen atoms in total. The summed E-state index contributed by atoms with van der Waals surface area (Å²) in [4.78, 5) is 23.7. The van der Waals surface area contributed by atoms with Crippen molar-refractivity contribution in [3.05, 3.63) is 72.3 Å². The van der Waals surface area contributed by atoms with Crippen molar-refractivity contribution in [1.82, 2.24) is 0 Å². The molecule has 4 rings (SSSR count). The van der Waals surface area contributed by atoms with Gasteiger partial charge in [-0.15, -0.1) is 0 Å². The smallest absolute Gasteiger partial charge is 0.309 e. The van der Waals surface area contributed by atoms with Crippen LogP contribution >= 0.6 is 0 Å². The van der Waals surface area contributed by atoms with Crippen LogP contribution in [0, 0.1) is 5.41 Å². The molecule has 170 valence electrons. The summed E-state index contributed by atoms with van der Waals surface area (Å²) >= 11 is 0. The number of rotatable bonds is 8. The van der Waals surface area contributed by atoms with E-state index in [4.69, 9.17) is 9.47 Å². The Labute approximate surface area is 192 Å². The summed E-state index contributed by atoms with van der Waals surface area (Å²) < 4.78 is 11.1. The molecule has 33 heavy (non-hydrogen) atoms.